The number of amides is 2. The van der Waals surface area contributed by atoms with Crippen molar-refractivity contribution in [3.63, 3.8) is 0 Å². The molecule has 0 bridgehead atoms. The van der Waals surface area contributed by atoms with Crippen molar-refractivity contribution in [2.24, 2.45) is 0 Å². The first-order valence-corrected chi connectivity index (χ1v) is 8.79. The highest BCUT2D eigenvalue weighted by Crippen LogP contribution is 2.13. The van der Waals surface area contributed by atoms with E-state index in [0.29, 0.717) is 18.7 Å². The number of nitrogens with one attached hydrogen (secondary N) is 1. The average molecular weight is 355 g/mol. The van der Waals surface area contributed by atoms with Gasteiger partial charge in [-0.05, 0) is 30.9 Å². The Morgan fingerprint density at radius 3 is 2.46 bits per heavy atom. The molecule has 9 heteroatoms. The summed E-state index contributed by atoms with van der Waals surface area (Å²) >= 11 is 1.51. The van der Waals surface area contributed by atoms with Gasteiger partial charge in [-0.15, -0.1) is 0 Å². The van der Waals surface area contributed by atoms with E-state index in [9.17, 15) is 19.7 Å². The smallest absolute Gasteiger partial charge is 0.326 e. The van der Waals surface area contributed by atoms with E-state index in [1.165, 1.54) is 28.8 Å². The lowest BCUT2D eigenvalue weighted by Crippen LogP contribution is -2.47. The van der Waals surface area contributed by atoms with Crippen molar-refractivity contribution in [2.45, 2.75) is 25.9 Å². The molecule has 1 aromatic rings. The molecule has 0 spiro atoms. The van der Waals surface area contributed by atoms with Gasteiger partial charge < -0.3 is 15.3 Å². The Morgan fingerprint density at radius 2 is 2.00 bits per heavy atom. The molecule has 1 rings (SSSR count). The molecular weight excluding hydrogens is 334 g/mol. The number of carbonyl (C=O) groups excluding carboxylic acids is 1. The first kappa shape index (κ1) is 19.8. The molecule has 0 radical (unpaired) electrons. The molecule has 1 atom stereocenters. The Bertz CT molecular complexity index is 579. The van der Waals surface area contributed by atoms with E-state index in [0.717, 1.165) is 5.56 Å². The number of carboxylic acid groups (broad SMARTS) is 1. The molecule has 1 aromatic carbocycles. The van der Waals surface area contributed by atoms with Gasteiger partial charge in [-0.1, -0.05) is 12.1 Å². The van der Waals surface area contributed by atoms with Crippen LogP contribution in [0.4, 0.5) is 10.5 Å². The molecule has 132 valence electrons. The topological polar surface area (TPSA) is 113 Å². The minimum Gasteiger partial charge on any atom is -0.480 e. The van der Waals surface area contributed by atoms with Crippen LogP contribution in [0.1, 0.15) is 18.9 Å². The lowest BCUT2D eigenvalue weighted by molar-refractivity contribution is -0.384. The summed E-state index contributed by atoms with van der Waals surface area (Å²) in [6, 6.07) is 4.51. The van der Waals surface area contributed by atoms with E-state index in [4.69, 9.17) is 5.11 Å². The molecule has 0 aliphatic carbocycles. The van der Waals surface area contributed by atoms with Crippen molar-refractivity contribution in [1.82, 2.24) is 10.2 Å². The van der Waals surface area contributed by atoms with Crippen LogP contribution in [0.3, 0.4) is 0 Å². The fourth-order valence-electron chi connectivity index (χ4n) is 2.00. The minimum atomic E-state index is -1.07. The van der Waals surface area contributed by atoms with E-state index in [-0.39, 0.29) is 12.2 Å². The van der Waals surface area contributed by atoms with Gasteiger partial charge in [0, 0.05) is 25.2 Å². The van der Waals surface area contributed by atoms with Gasteiger partial charge in [0.2, 0.25) is 0 Å². The number of nitrogens with zero attached hydrogens (tertiary/aromatic N) is 2. The number of carboxylic acids is 1. The highest BCUT2D eigenvalue weighted by Gasteiger charge is 2.22. The minimum absolute atomic E-state index is 0.0192. The quantitative estimate of drug-likeness (QED) is 0.519. The monoisotopic (exact) mass is 355 g/mol. The van der Waals surface area contributed by atoms with Crippen molar-refractivity contribution < 1.29 is 19.6 Å². The summed E-state index contributed by atoms with van der Waals surface area (Å²) in [7, 11) is 0. The van der Waals surface area contributed by atoms with Gasteiger partial charge in [0.15, 0.2) is 0 Å². The van der Waals surface area contributed by atoms with E-state index < -0.39 is 23.0 Å². The highest BCUT2D eigenvalue weighted by molar-refractivity contribution is 7.98. The van der Waals surface area contributed by atoms with Crippen LogP contribution >= 0.6 is 11.8 Å². The number of aliphatic carboxylic acids is 1. The first-order chi connectivity index (χ1) is 11.4. The second-order valence-electron chi connectivity index (χ2n) is 5.06. The maximum atomic E-state index is 12.3. The molecule has 2 amide bonds. The Kier molecular flexibility index (Phi) is 8.03. The fourth-order valence-corrected chi connectivity index (χ4v) is 2.48. The normalized spacial score (nSPS) is 11.6. The molecule has 0 aliphatic heterocycles. The zero-order valence-electron chi connectivity index (χ0n) is 13.6. The SMILES string of the molecule is CCN(Cc1ccc([N+](=O)[O-])cc1)C(=O)N[C@@H](CCSC)C(=O)O. The summed E-state index contributed by atoms with van der Waals surface area (Å²) < 4.78 is 0. The zero-order valence-corrected chi connectivity index (χ0v) is 14.4. The second-order valence-corrected chi connectivity index (χ2v) is 6.05. The average Bonchev–Trinajstić information content (AvgIpc) is 2.56. The number of hydrogen-bond donors (Lipinski definition) is 2. The summed E-state index contributed by atoms with van der Waals surface area (Å²) in [5, 5.41) is 22.3. The number of benzene rings is 1. The van der Waals surface area contributed by atoms with Crippen LogP contribution in [-0.2, 0) is 11.3 Å². The third-order valence-electron chi connectivity index (χ3n) is 3.40. The zero-order chi connectivity index (χ0) is 18.1. The molecule has 0 aliphatic rings. The first-order valence-electron chi connectivity index (χ1n) is 7.39. The third-order valence-corrected chi connectivity index (χ3v) is 4.04. The van der Waals surface area contributed by atoms with E-state index in [1.807, 2.05) is 6.26 Å². The standard InChI is InChI=1S/C15H21N3O5S/c1-3-17(10-11-4-6-12(7-5-11)18(22)23)15(21)16-13(14(19)20)8-9-24-2/h4-7,13H,3,8-10H2,1-2H3,(H,16,21)(H,19,20)/t13-/m0/s1. The number of nitro benzene ring substituents is 1. The summed E-state index contributed by atoms with van der Waals surface area (Å²) in [6.07, 6.45) is 2.21. The number of nitro groups is 1. The van der Waals surface area contributed by atoms with Crippen molar-refractivity contribution in [3.8, 4) is 0 Å². The third kappa shape index (κ3) is 6.07. The predicted octanol–water partition coefficient (Wildman–Crippen LogP) is 2.33. The Hall–Kier alpha value is -2.29. The van der Waals surface area contributed by atoms with Gasteiger partial charge in [-0.25, -0.2) is 9.59 Å². The molecular formula is C15H21N3O5S. The molecule has 0 aromatic heterocycles. The van der Waals surface area contributed by atoms with Gasteiger partial charge in [0.05, 0.1) is 4.92 Å². The van der Waals surface area contributed by atoms with Crippen molar-refractivity contribution in [1.29, 1.82) is 0 Å². The largest absolute Gasteiger partial charge is 0.480 e. The molecule has 0 fully saturated rings. The number of hydrogen-bond acceptors (Lipinski definition) is 5. The maximum absolute atomic E-state index is 12.3. The number of non-ortho nitro benzene ring substituents is 1. The summed E-state index contributed by atoms with van der Waals surface area (Å²) in [5.41, 5.74) is 0.711. The van der Waals surface area contributed by atoms with Gasteiger partial charge in [0.25, 0.3) is 5.69 Å². The van der Waals surface area contributed by atoms with Crippen molar-refractivity contribution >= 4 is 29.4 Å². The number of thioether (sulfide) groups is 1. The van der Waals surface area contributed by atoms with E-state index >= 15 is 0 Å². The van der Waals surface area contributed by atoms with Crippen molar-refractivity contribution in [3.05, 3.63) is 39.9 Å². The predicted molar refractivity (Wildman–Crippen MR) is 92.1 cm³/mol. The van der Waals surface area contributed by atoms with E-state index in [1.54, 1.807) is 19.1 Å². The van der Waals surface area contributed by atoms with Crippen LogP contribution in [0.5, 0.6) is 0 Å². The molecule has 0 saturated heterocycles. The molecule has 0 saturated carbocycles. The number of rotatable bonds is 9. The Morgan fingerprint density at radius 1 is 1.38 bits per heavy atom. The molecule has 8 nitrogen and oxygen atoms in total. The Labute approximate surface area is 144 Å². The maximum Gasteiger partial charge on any atom is 0.326 e. The highest BCUT2D eigenvalue weighted by atomic mass is 32.2. The lowest BCUT2D eigenvalue weighted by Gasteiger charge is -2.24. The second kappa shape index (κ2) is 9.76. The molecule has 2 N–H and O–H groups in total. The number of urea groups is 1. The fraction of sp³-hybridized carbons (Fsp3) is 0.467. The van der Waals surface area contributed by atoms with Crippen LogP contribution in [0.15, 0.2) is 24.3 Å². The molecule has 0 heterocycles. The van der Waals surface area contributed by atoms with Crippen LogP contribution in [0.25, 0.3) is 0 Å². The van der Waals surface area contributed by atoms with Crippen LogP contribution < -0.4 is 5.32 Å². The van der Waals surface area contributed by atoms with Crippen LogP contribution in [0, 0.1) is 10.1 Å². The van der Waals surface area contributed by atoms with Crippen molar-refractivity contribution in [2.75, 3.05) is 18.6 Å². The van der Waals surface area contributed by atoms with Gasteiger partial charge in [-0.2, -0.15) is 11.8 Å². The Balaban J connectivity index is 2.71. The van der Waals surface area contributed by atoms with Gasteiger partial charge in [-0.3, -0.25) is 10.1 Å². The van der Waals surface area contributed by atoms with Gasteiger partial charge >= 0.3 is 12.0 Å². The molecule has 0 unspecified atom stereocenters. The summed E-state index contributed by atoms with van der Waals surface area (Å²) in [5.74, 6) is -0.435. The van der Waals surface area contributed by atoms with Crippen LogP contribution in [0.2, 0.25) is 0 Å². The summed E-state index contributed by atoms with van der Waals surface area (Å²) in [4.78, 5) is 35.1. The van der Waals surface area contributed by atoms with Crippen LogP contribution in [-0.4, -0.2) is 51.5 Å². The van der Waals surface area contributed by atoms with E-state index in [2.05, 4.69) is 5.32 Å². The summed E-state index contributed by atoms with van der Waals surface area (Å²) in [6.45, 7) is 2.41. The number of carbonyl (C=O) groups is 2. The van der Waals surface area contributed by atoms with Gasteiger partial charge in [0.1, 0.15) is 6.04 Å². The molecule has 24 heavy (non-hydrogen) atoms. The lowest BCUT2D eigenvalue weighted by atomic mass is 10.2.